The summed E-state index contributed by atoms with van der Waals surface area (Å²) in [4.78, 5) is 16.0. The van der Waals surface area contributed by atoms with Gasteiger partial charge in [-0.15, -0.1) is 0 Å². The van der Waals surface area contributed by atoms with E-state index in [1.807, 2.05) is 6.92 Å². The van der Waals surface area contributed by atoms with Crippen molar-refractivity contribution >= 4 is 5.97 Å². The highest BCUT2D eigenvalue weighted by atomic mass is 16.5. The minimum atomic E-state index is -0.102. The SMILES string of the molecule is CCOC(=O)CN1CCN(CC2CCOC2)CC1. The largest absolute Gasteiger partial charge is 0.465 e. The summed E-state index contributed by atoms with van der Waals surface area (Å²) in [5, 5.41) is 0. The first-order chi connectivity index (χ1) is 8.78. The first-order valence-corrected chi connectivity index (χ1v) is 6.96. The van der Waals surface area contributed by atoms with Crippen molar-refractivity contribution in [3.63, 3.8) is 0 Å². The number of hydrogen-bond acceptors (Lipinski definition) is 5. The number of piperazine rings is 1. The zero-order chi connectivity index (χ0) is 12.8. The Morgan fingerprint density at radius 2 is 2.00 bits per heavy atom. The van der Waals surface area contributed by atoms with Gasteiger partial charge in [0.2, 0.25) is 0 Å². The van der Waals surface area contributed by atoms with Crippen LogP contribution in [0.5, 0.6) is 0 Å². The fourth-order valence-electron chi connectivity index (χ4n) is 2.61. The normalized spacial score (nSPS) is 26.4. The molecule has 18 heavy (non-hydrogen) atoms. The van der Waals surface area contributed by atoms with E-state index in [0.29, 0.717) is 19.1 Å². The molecule has 0 aromatic carbocycles. The van der Waals surface area contributed by atoms with E-state index in [2.05, 4.69) is 9.80 Å². The van der Waals surface area contributed by atoms with Gasteiger partial charge in [-0.3, -0.25) is 9.69 Å². The Morgan fingerprint density at radius 3 is 2.61 bits per heavy atom. The molecule has 2 heterocycles. The fourth-order valence-corrected chi connectivity index (χ4v) is 2.61. The van der Waals surface area contributed by atoms with Crippen LogP contribution in [0.4, 0.5) is 0 Å². The molecule has 2 aliphatic heterocycles. The van der Waals surface area contributed by atoms with Crippen molar-refractivity contribution in [2.24, 2.45) is 5.92 Å². The Kier molecular flexibility index (Phi) is 5.41. The second kappa shape index (κ2) is 7.07. The smallest absolute Gasteiger partial charge is 0.320 e. The van der Waals surface area contributed by atoms with E-state index in [4.69, 9.17) is 9.47 Å². The molecule has 2 saturated heterocycles. The summed E-state index contributed by atoms with van der Waals surface area (Å²) in [6, 6.07) is 0. The molecular weight excluding hydrogens is 232 g/mol. The Hall–Kier alpha value is -0.650. The molecule has 5 nitrogen and oxygen atoms in total. The number of ether oxygens (including phenoxy) is 2. The number of esters is 1. The monoisotopic (exact) mass is 256 g/mol. The highest BCUT2D eigenvalue weighted by Gasteiger charge is 2.23. The Bertz CT molecular complexity index is 259. The topological polar surface area (TPSA) is 42.0 Å². The molecule has 2 rings (SSSR count). The molecule has 0 saturated carbocycles. The first kappa shape index (κ1) is 13.8. The second-order valence-electron chi connectivity index (χ2n) is 5.11. The minimum absolute atomic E-state index is 0.102. The van der Waals surface area contributed by atoms with Gasteiger partial charge in [0.05, 0.1) is 19.8 Å². The van der Waals surface area contributed by atoms with Crippen LogP contribution in [-0.2, 0) is 14.3 Å². The maximum atomic E-state index is 11.4. The van der Waals surface area contributed by atoms with Crippen molar-refractivity contribution in [1.29, 1.82) is 0 Å². The van der Waals surface area contributed by atoms with Crippen LogP contribution in [0, 0.1) is 5.92 Å². The van der Waals surface area contributed by atoms with Crippen molar-refractivity contribution in [2.45, 2.75) is 13.3 Å². The molecular formula is C13H24N2O3. The van der Waals surface area contributed by atoms with Crippen LogP contribution < -0.4 is 0 Å². The van der Waals surface area contributed by atoms with Crippen molar-refractivity contribution < 1.29 is 14.3 Å². The average molecular weight is 256 g/mol. The van der Waals surface area contributed by atoms with E-state index < -0.39 is 0 Å². The van der Waals surface area contributed by atoms with E-state index in [1.165, 1.54) is 6.42 Å². The number of hydrogen-bond donors (Lipinski definition) is 0. The van der Waals surface area contributed by atoms with E-state index in [1.54, 1.807) is 0 Å². The van der Waals surface area contributed by atoms with Crippen LogP contribution in [0.2, 0.25) is 0 Å². The van der Waals surface area contributed by atoms with Crippen LogP contribution in [0.15, 0.2) is 0 Å². The van der Waals surface area contributed by atoms with E-state index >= 15 is 0 Å². The first-order valence-electron chi connectivity index (χ1n) is 6.96. The highest BCUT2D eigenvalue weighted by molar-refractivity contribution is 5.71. The fraction of sp³-hybridized carbons (Fsp3) is 0.923. The molecule has 0 amide bonds. The van der Waals surface area contributed by atoms with Gasteiger partial charge in [-0.2, -0.15) is 0 Å². The maximum Gasteiger partial charge on any atom is 0.320 e. The zero-order valence-electron chi connectivity index (χ0n) is 11.3. The van der Waals surface area contributed by atoms with Crippen LogP contribution in [0.1, 0.15) is 13.3 Å². The lowest BCUT2D eigenvalue weighted by molar-refractivity contribution is -0.144. The van der Waals surface area contributed by atoms with E-state index in [0.717, 1.165) is 45.9 Å². The molecule has 0 N–H and O–H groups in total. The van der Waals surface area contributed by atoms with Gasteiger partial charge in [-0.05, 0) is 19.3 Å². The van der Waals surface area contributed by atoms with Crippen LogP contribution in [0.25, 0.3) is 0 Å². The summed E-state index contributed by atoms with van der Waals surface area (Å²) in [5.74, 6) is 0.608. The summed E-state index contributed by atoms with van der Waals surface area (Å²) < 4.78 is 10.4. The Labute approximate surface area is 109 Å². The predicted octanol–water partition coefficient (Wildman–Crippen LogP) is 0.204. The quantitative estimate of drug-likeness (QED) is 0.658. The average Bonchev–Trinajstić information content (AvgIpc) is 2.85. The van der Waals surface area contributed by atoms with E-state index in [9.17, 15) is 4.79 Å². The molecule has 5 heteroatoms. The van der Waals surface area contributed by atoms with Gasteiger partial charge in [0.1, 0.15) is 0 Å². The third kappa shape index (κ3) is 4.23. The molecule has 1 atom stereocenters. The van der Waals surface area contributed by atoms with E-state index in [-0.39, 0.29) is 5.97 Å². The molecule has 1 unspecified atom stereocenters. The lowest BCUT2D eigenvalue weighted by Gasteiger charge is -2.35. The molecule has 104 valence electrons. The van der Waals surface area contributed by atoms with Crippen molar-refractivity contribution in [1.82, 2.24) is 9.80 Å². The molecule has 2 aliphatic rings. The predicted molar refractivity (Wildman–Crippen MR) is 68.4 cm³/mol. The van der Waals surface area contributed by atoms with Gasteiger partial charge < -0.3 is 14.4 Å². The molecule has 0 bridgehead atoms. The van der Waals surface area contributed by atoms with Crippen LogP contribution >= 0.6 is 0 Å². The summed E-state index contributed by atoms with van der Waals surface area (Å²) in [7, 11) is 0. The summed E-state index contributed by atoms with van der Waals surface area (Å²) >= 11 is 0. The molecule has 2 fully saturated rings. The van der Waals surface area contributed by atoms with Gasteiger partial charge in [-0.1, -0.05) is 0 Å². The third-order valence-electron chi connectivity index (χ3n) is 3.66. The summed E-state index contributed by atoms with van der Waals surface area (Å²) in [5.41, 5.74) is 0. The molecule has 0 spiro atoms. The number of nitrogens with zero attached hydrogens (tertiary/aromatic N) is 2. The second-order valence-corrected chi connectivity index (χ2v) is 5.11. The minimum Gasteiger partial charge on any atom is -0.465 e. The van der Waals surface area contributed by atoms with Gasteiger partial charge in [0.25, 0.3) is 0 Å². The molecule has 0 radical (unpaired) electrons. The summed E-state index contributed by atoms with van der Waals surface area (Å²) in [6.45, 7) is 9.78. The highest BCUT2D eigenvalue weighted by Crippen LogP contribution is 2.15. The summed E-state index contributed by atoms with van der Waals surface area (Å²) in [6.07, 6.45) is 1.20. The number of carbonyl (C=O) groups is 1. The zero-order valence-corrected chi connectivity index (χ0v) is 11.3. The Morgan fingerprint density at radius 1 is 1.28 bits per heavy atom. The molecule has 0 aliphatic carbocycles. The Balaban J connectivity index is 1.63. The number of carbonyl (C=O) groups excluding carboxylic acids is 1. The maximum absolute atomic E-state index is 11.4. The van der Waals surface area contributed by atoms with Gasteiger partial charge >= 0.3 is 5.97 Å². The van der Waals surface area contributed by atoms with Gasteiger partial charge in [0, 0.05) is 39.3 Å². The van der Waals surface area contributed by atoms with Crippen molar-refractivity contribution in [2.75, 3.05) is 59.1 Å². The third-order valence-corrected chi connectivity index (χ3v) is 3.66. The molecule has 0 aromatic heterocycles. The number of rotatable bonds is 5. The van der Waals surface area contributed by atoms with Gasteiger partial charge in [0.15, 0.2) is 0 Å². The lowest BCUT2D eigenvalue weighted by atomic mass is 10.1. The van der Waals surface area contributed by atoms with Crippen LogP contribution in [-0.4, -0.2) is 74.9 Å². The van der Waals surface area contributed by atoms with Gasteiger partial charge in [-0.25, -0.2) is 0 Å². The molecule has 0 aromatic rings. The van der Waals surface area contributed by atoms with Crippen LogP contribution in [0.3, 0.4) is 0 Å². The van der Waals surface area contributed by atoms with Crippen molar-refractivity contribution in [3.8, 4) is 0 Å². The van der Waals surface area contributed by atoms with Crippen molar-refractivity contribution in [3.05, 3.63) is 0 Å². The lowest BCUT2D eigenvalue weighted by Crippen LogP contribution is -2.49. The standard InChI is InChI=1S/C13H24N2O3/c1-2-18-13(16)10-15-6-4-14(5-7-15)9-12-3-8-17-11-12/h12H,2-11H2,1H3.